The van der Waals surface area contributed by atoms with Gasteiger partial charge < -0.3 is 5.32 Å². The number of carbonyl (C=O) groups excluding carboxylic acids is 1. The summed E-state index contributed by atoms with van der Waals surface area (Å²) in [6.07, 6.45) is 1.76. The van der Waals surface area contributed by atoms with E-state index in [1.54, 1.807) is 30.3 Å². The fourth-order valence-electron chi connectivity index (χ4n) is 2.11. The van der Waals surface area contributed by atoms with Gasteiger partial charge in [-0.3, -0.25) is 9.69 Å². The molecule has 0 aliphatic heterocycles. The third kappa shape index (κ3) is 5.22. The van der Waals surface area contributed by atoms with E-state index in [9.17, 15) is 4.79 Å². The van der Waals surface area contributed by atoms with Crippen molar-refractivity contribution in [2.45, 2.75) is 6.54 Å². The highest BCUT2D eigenvalue weighted by Gasteiger charge is 2.13. The molecule has 1 N–H and O–H groups in total. The van der Waals surface area contributed by atoms with Gasteiger partial charge in [0.2, 0.25) is 5.91 Å². The van der Waals surface area contributed by atoms with Crippen LogP contribution in [0.4, 0.5) is 5.69 Å². The van der Waals surface area contributed by atoms with Crippen molar-refractivity contribution in [3.63, 3.8) is 0 Å². The average Bonchev–Trinajstić information content (AvgIpc) is 2.93. The van der Waals surface area contributed by atoms with Crippen molar-refractivity contribution in [1.82, 2.24) is 4.90 Å². The Hall–Kier alpha value is -2.13. The lowest BCUT2D eigenvalue weighted by atomic mass is 10.2. The van der Waals surface area contributed by atoms with E-state index in [0.717, 1.165) is 9.21 Å². The molecule has 1 aromatic carbocycles. The molecule has 1 aromatic heterocycles. The van der Waals surface area contributed by atoms with Crippen LogP contribution in [0, 0.1) is 11.3 Å². The molecule has 0 unspecified atom stereocenters. The second kappa shape index (κ2) is 8.49. The average molecular weight is 346 g/mol. The predicted octanol–water partition coefficient (Wildman–Crippen LogP) is 3.90. The summed E-state index contributed by atoms with van der Waals surface area (Å²) in [6.45, 7) is 5.14. The maximum atomic E-state index is 12.2. The standard InChI is InChI=1S/C17H16ClN3OS/c1-2-9-21(11-14-7-8-16(18)23-14)12-17(22)20-15-6-4-3-5-13(15)10-19/h2-8H,1,9,11-12H2,(H,20,22). The molecule has 0 spiro atoms. The molecule has 0 aliphatic rings. The van der Waals surface area contributed by atoms with E-state index in [-0.39, 0.29) is 12.5 Å². The summed E-state index contributed by atoms with van der Waals surface area (Å²) in [5.41, 5.74) is 0.971. The molecule has 2 aromatic rings. The van der Waals surface area contributed by atoms with Gasteiger partial charge in [-0.05, 0) is 24.3 Å². The number of hydrogen-bond donors (Lipinski definition) is 1. The van der Waals surface area contributed by atoms with Crippen molar-refractivity contribution in [2.75, 3.05) is 18.4 Å². The Morgan fingerprint density at radius 1 is 1.39 bits per heavy atom. The van der Waals surface area contributed by atoms with Gasteiger partial charge in [0.25, 0.3) is 0 Å². The highest BCUT2D eigenvalue weighted by molar-refractivity contribution is 7.16. The fraction of sp³-hybridized carbons (Fsp3) is 0.176. The Kier molecular flexibility index (Phi) is 6.36. The minimum absolute atomic E-state index is 0.169. The summed E-state index contributed by atoms with van der Waals surface area (Å²) in [5.74, 6) is -0.169. The SMILES string of the molecule is C=CCN(CC(=O)Nc1ccccc1C#N)Cc1ccc(Cl)s1. The largest absolute Gasteiger partial charge is 0.324 e. The number of nitrogens with one attached hydrogen (secondary N) is 1. The van der Waals surface area contributed by atoms with Crippen LogP contribution in [0.15, 0.2) is 49.1 Å². The molecule has 0 fully saturated rings. The van der Waals surface area contributed by atoms with Crippen LogP contribution in [0.3, 0.4) is 0 Å². The van der Waals surface area contributed by atoms with Gasteiger partial charge in [-0.15, -0.1) is 17.9 Å². The molecule has 0 bridgehead atoms. The third-order valence-electron chi connectivity index (χ3n) is 3.08. The second-order valence-electron chi connectivity index (χ2n) is 4.87. The maximum Gasteiger partial charge on any atom is 0.238 e. The number of rotatable bonds is 7. The van der Waals surface area contributed by atoms with Gasteiger partial charge in [0.05, 0.1) is 22.1 Å². The lowest BCUT2D eigenvalue weighted by molar-refractivity contribution is -0.117. The van der Waals surface area contributed by atoms with E-state index in [0.29, 0.717) is 24.3 Å². The van der Waals surface area contributed by atoms with Crippen molar-refractivity contribution < 1.29 is 4.79 Å². The van der Waals surface area contributed by atoms with Crippen molar-refractivity contribution >= 4 is 34.5 Å². The van der Waals surface area contributed by atoms with Gasteiger partial charge in [0.1, 0.15) is 6.07 Å². The predicted molar refractivity (Wildman–Crippen MR) is 94.6 cm³/mol. The monoisotopic (exact) mass is 345 g/mol. The van der Waals surface area contributed by atoms with Crippen molar-refractivity contribution in [3.8, 4) is 6.07 Å². The minimum Gasteiger partial charge on any atom is -0.324 e. The lowest BCUT2D eigenvalue weighted by Gasteiger charge is -2.19. The number of anilines is 1. The van der Waals surface area contributed by atoms with E-state index in [1.807, 2.05) is 17.0 Å². The zero-order valence-electron chi connectivity index (χ0n) is 12.5. The Labute approximate surface area is 144 Å². The van der Waals surface area contributed by atoms with E-state index in [1.165, 1.54) is 11.3 Å². The molecule has 0 saturated carbocycles. The first kappa shape index (κ1) is 17.2. The van der Waals surface area contributed by atoms with Crippen LogP contribution < -0.4 is 5.32 Å². The van der Waals surface area contributed by atoms with Crippen molar-refractivity contribution in [1.29, 1.82) is 5.26 Å². The van der Waals surface area contributed by atoms with E-state index in [2.05, 4.69) is 18.0 Å². The number of halogens is 1. The van der Waals surface area contributed by atoms with Crippen LogP contribution in [0.2, 0.25) is 4.34 Å². The highest BCUT2D eigenvalue weighted by atomic mass is 35.5. The smallest absolute Gasteiger partial charge is 0.238 e. The number of nitriles is 1. The molecule has 0 saturated heterocycles. The van der Waals surface area contributed by atoms with Crippen LogP contribution in [-0.4, -0.2) is 23.9 Å². The molecule has 6 heteroatoms. The number of carbonyl (C=O) groups is 1. The molecule has 0 atom stereocenters. The van der Waals surface area contributed by atoms with E-state index >= 15 is 0 Å². The maximum absolute atomic E-state index is 12.2. The summed E-state index contributed by atoms with van der Waals surface area (Å²) in [6, 6.07) is 12.8. The second-order valence-corrected chi connectivity index (χ2v) is 6.67. The fourth-order valence-corrected chi connectivity index (χ4v) is 3.24. The Morgan fingerprint density at radius 2 is 2.17 bits per heavy atom. The molecule has 2 rings (SSSR count). The van der Waals surface area contributed by atoms with Crippen LogP contribution in [0.1, 0.15) is 10.4 Å². The summed E-state index contributed by atoms with van der Waals surface area (Å²) < 4.78 is 0.728. The molecule has 0 radical (unpaired) electrons. The van der Waals surface area contributed by atoms with E-state index < -0.39 is 0 Å². The van der Waals surface area contributed by atoms with Gasteiger partial charge in [-0.2, -0.15) is 5.26 Å². The topological polar surface area (TPSA) is 56.1 Å². The zero-order chi connectivity index (χ0) is 16.7. The molecule has 1 heterocycles. The third-order valence-corrected chi connectivity index (χ3v) is 4.30. The highest BCUT2D eigenvalue weighted by Crippen LogP contribution is 2.22. The van der Waals surface area contributed by atoms with Crippen molar-refractivity contribution in [3.05, 3.63) is 63.8 Å². The number of nitrogens with zero attached hydrogens (tertiary/aromatic N) is 2. The van der Waals surface area contributed by atoms with Crippen molar-refractivity contribution in [2.24, 2.45) is 0 Å². The van der Waals surface area contributed by atoms with Gasteiger partial charge in [0, 0.05) is 18.0 Å². The van der Waals surface area contributed by atoms with Crippen LogP contribution >= 0.6 is 22.9 Å². The first-order chi connectivity index (χ1) is 11.1. The Balaban J connectivity index is 2.00. The quantitative estimate of drug-likeness (QED) is 0.774. The molecular weight excluding hydrogens is 330 g/mol. The number of thiophene rings is 1. The summed E-state index contributed by atoms with van der Waals surface area (Å²) in [5, 5.41) is 11.8. The minimum atomic E-state index is -0.169. The Bertz CT molecular complexity index is 735. The first-order valence-corrected chi connectivity index (χ1v) is 8.18. The Morgan fingerprint density at radius 3 is 2.83 bits per heavy atom. The van der Waals surface area contributed by atoms with Crippen LogP contribution in [0.25, 0.3) is 0 Å². The van der Waals surface area contributed by atoms with Gasteiger partial charge >= 0.3 is 0 Å². The molecule has 0 aliphatic carbocycles. The molecular formula is C17H16ClN3OS. The van der Waals surface area contributed by atoms with Gasteiger partial charge in [-0.1, -0.05) is 29.8 Å². The van der Waals surface area contributed by atoms with Crippen LogP contribution in [-0.2, 0) is 11.3 Å². The summed E-state index contributed by atoms with van der Waals surface area (Å²) in [7, 11) is 0. The van der Waals surface area contributed by atoms with Crippen LogP contribution in [0.5, 0.6) is 0 Å². The van der Waals surface area contributed by atoms with E-state index in [4.69, 9.17) is 16.9 Å². The molecule has 118 valence electrons. The molecule has 4 nitrogen and oxygen atoms in total. The number of hydrogen-bond acceptors (Lipinski definition) is 4. The number of amides is 1. The summed E-state index contributed by atoms with van der Waals surface area (Å²) in [4.78, 5) is 15.3. The van der Waals surface area contributed by atoms with Gasteiger partial charge in [-0.25, -0.2) is 0 Å². The summed E-state index contributed by atoms with van der Waals surface area (Å²) >= 11 is 7.43. The molecule has 23 heavy (non-hydrogen) atoms. The lowest BCUT2D eigenvalue weighted by Crippen LogP contribution is -2.33. The number of benzene rings is 1. The normalized spacial score (nSPS) is 10.3. The zero-order valence-corrected chi connectivity index (χ0v) is 14.0. The number of para-hydroxylation sites is 1. The first-order valence-electron chi connectivity index (χ1n) is 6.99. The molecule has 1 amide bonds. The van der Waals surface area contributed by atoms with Gasteiger partial charge in [0.15, 0.2) is 0 Å².